The van der Waals surface area contributed by atoms with Crippen molar-refractivity contribution in [3.63, 3.8) is 0 Å². The van der Waals surface area contributed by atoms with Crippen LogP contribution in [0.25, 0.3) is 0 Å². The van der Waals surface area contributed by atoms with Crippen LogP contribution in [0.4, 0.5) is 5.69 Å². The number of hydrogen-bond donors (Lipinski definition) is 1. The first-order valence-corrected chi connectivity index (χ1v) is 4.56. The maximum atomic E-state index is 10.7. The number of aryl methyl sites for hydroxylation is 1. The Kier molecular flexibility index (Phi) is 3.19. The molecule has 76 valence electrons. The summed E-state index contributed by atoms with van der Waals surface area (Å²) in [7, 11) is 0. The van der Waals surface area contributed by atoms with Crippen LogP contribution in [0.3, 0.4) is 0 Å². The van der Waals surface area contributed by atoms with E-state index >= 15 is 0 Å². The van der Waals surface area contributed by atoms with Crippen LogP contribution >= 0.6 is 0 Å². The van der Waals surface area contributed by atoms with Crippen LogP contribution in [0.5, 0.6) is 0 Å². The zero-order chi connectivity index (χ0) is 10.7. The molecular formula is C10H14N2O2. The normalized spacial score (nSPS) is 12.5. The van der Waals surface area contributed by atoms with E-state index in [2.05, 4.69) is 0 Å². The molecule has 0 bridgehead atoms. The molecule has 1 aromatic rings. The molecule has 1 aromatic carbocycles. The predicted octanol–water partition coefficient (Wildman–Crippen LogP) is 2.31. The Bertz CT molecular complexity index is 350. The Hall–Kier alpha value is -1.42. The Labute approximate surface area is 82.9 Å². The van der Waals surface area contributed by atoms with E-state index in [1.54, 1.807) is 12.1 Å². The fraction of sp³-hybridized carbons (Fsp3) is 0.400. The van der Waals surface area contributed by atoms with Gasteiger partial charge in [0.1, 0.15) is 0 Å². The highest BCUT2D eigenvalue weighted by atomic mass is 16.6. The third-order valence-electron chi connectivity index (χ3n) is 2.22. The van der Waals surface area contributed by atoms with Gasteiger partial charge in [-0.25, -0.2) is 0 Å². The van der Waals surface area contributed by atoms with Gasteiger partial charge in [-0.15, -0.1) is 0 Å². The Balaban J connectivity index is 3.22. The fourth-order valence-corrected chi connectivity index (χ4v) is 1.36. The quantitative estimate of drug-likeness (QED) is 0.593. The van der Waals surface area contributed by atoms with Crippen molar-refractivity contribution >= 4 is 5.69 Å². The first-order chi connectivity index (χ1) is 6.56. The van der Waals surface area contributed by atoms with Gasteiger partial charge in [-0.1, -0.05) is 18.6 Å². The lowest BCUT2D eigenvalue weighted by atomic mass is 10.0. The average molecular weight is 194 g/mol. The molecule has 1 atom stereocenters. The smallest absolute Gasteiger partial charge is 0.274 e. The predicted molar refractivity (Wildman–Crippen MR) is 55.1 cm³/mol. The summed E-state index contributed by atoms with van der Waals surface area (Å²) < 4.78 is 0. The van der Waals surface area contributed by atoms with Crippen LogP contribution < -0.4 is 5.73 Å². The standard InChI is InChI=1S/C10H14N2O2/c1-3-9(11)8-6-7(2)4-5-10(8)12(13)14/h4-6,9H,3,11H2,1-2H3. The van der Waals surface area contributed by atoms with Crippen molar-refractivity contribution in [3.8, 4) is 0 Å². The average Bonchev–Trinajstić information content (AvgIpc) is 2.16. The second-order valence-electron chi connectivity index (χ2n) is 3.33. The van der Waals surface area contributed by atoms with Gasteiger partial charge < -0.3 is 5.73 Å². The zero-order valence-corrected chi connectivity index (χ0v) is 8.36. The van der Waals surface area contributed by atoms with Crippen molar-refractivity contribution in [2.75, 3.05) is 0 Å². The van der Waals surface area contributed by atoms with E-state index in [1.165, 1.54) is 6.07 Å². The lowest BCUT2D eigenvalue weighted by molar-refractivity contribution is -0.385. The second kappa shape index (κ2) is 4.19. The molecule has 0 fully saturated rings. The molecule has 14 heavy (non-hydrogen) atoms. The molecular weight excluding hydrogens is 180 g/mol. The minimum Gasteiger partial charge on any atom is -0.324 e. The molecule has 1 rings (SSSR count). The van der Waals surface area contributed by atoms with Crippen LogP contribution in [-0.2, 0) is 0 Å². The molecule has 0 saturated carbocycles. The van der Waals surface area contributed by atoms with Crippen molar-refractivity contribution in [1.82, 2.24) is 0 Å². The fourth-order valence-electron chi connectivity index (χ4n) is 1.36. The summed E-state index contributed by atoms with van der Waals surface area (Å²) >= 11 is 0. The number of benzene rings is 1. The minimum atomic E-state index is -0.385. The lowest BCUT2D eigenvalue weighted by Crippen LogP contribution is -2.11. The summed E-state index contributed by atoms with van der Waals surface area (Å²) in [5.74, 6) is 0. The third-order valence-corrected chi connectivity index (χ3v) is 2.22. The van der Waals surface area contributed by atoms with Crippen molar-refractivity contribution in [1.29, 1.82) is 0 Å². The molecule has 0 aliphatic rings. The van der Waals surface area contributed by atoms with Gasteiger partial charge in [-0.2, -0.15) is 0 Å². The van der Waals surface area contributed by atoms with Gasteiger partial charge in [0.05, 0.1) is 4.92 Å². The first kappa shape index (κ1) is 10.7. The van der Waals surface area contributed by atoms with E-state index in [0.717, 1.165) is 5.56 Å². The summed E-state index contributed by atoms with van der Waals surface area (Å²) in [4.78, 5) is 10.3. The molecule has 0 spiro atoms. The number of nitro benzene ring substituents is 1. The number of nitrogens with zero attached hydrogens (tertiary/aromatic N) is 1. The van der Waals surface area contributed by atoms with Crippen molar-refractivity contribution in [3.05, 3.63) is 39.4 Å². The van der Waals surface area contributed by atoms with Gasteiger partial charge >= 0.3 is 0 Å². The van der Waals surface area contributed by atoms with E-state index in [0.29, 0.717) is 12.0 Å². The van der Waals surface area contributed by atoms with Gasteiger partial charge in [0, 0.05) is 17.7 Å². The van der Waals surface area contributed by atoms with Crippen LogP contribution in [0, 0.1) is 17.0 Å². The van der Waals surface area contributed by atoms with E-state index < -0.39 is 0 Å². The highest BCUT2D eigenvalue weighted by Gasteiger charge is 2.17. The van der Waals surface area contributed by atoms with E-state index in [4.69, 9.17) is 5.73 Å². The van der Waals surface area contributed by atoms with Crippen LogP contribution in [-0.4, -0.2) is 4.92 Å². The molecule has 0 saturated heterocycles. The van der Waals surface area contributed by atoms with E-state index in [9.17, 15) is 10.1 Å². The van der Waals surface area contributed by atoms with Crippen LogP contribution in [0.1, 0.15) is 30.5 Å². The number of nitro groups is 1. The number of rotatable bonds is 3. The molecule has 0 aliphatic carbocycles. The summed E-state index contributed by atoms with van der Waals surface area (Å²) in [5, 5.41) is 10.7. The van der Waals surface area contributed by atoms with Gasteiger partial charge in [-0.3, -0.25) is 10.1 Å². The maximum Gasteiger partial charge on any atom is 0.274 e. The van der Waals surface area contributed by atoms with Crippen molar-refractivity contribution in [2.45, 2.75) is 26.3 Å². The summed E-state index contributed by atoms with van der Waals surface area (Å²) in [6.07, 6.45) is 0.699. The minimum absolute atomic E-state index is 0.116. The van der Waals surface area contributed by atoms with E-state index in [1.807, 2.05) is 13.8 Å². The van der Waals surface area contributed by atoms with Gasteiger partial charge in [0.2, 0.25) is 0 Å². The SMILES string of the molecule is CCC(N)c1cc(C)ccc1[N+](=O)[O-]. The van der Waals surface area contributed by atoms with Crippen LogP contribution in [0.15, 0.2) is 18.2 Å². The third kappa shape index (κ3) is 2.09. The number of hydrogen-bond acceptors (Lipinski definition) is 3. The van der Waals surface area contributed by atoms with Crippen molar-refractivity contribution < 1.29 is 4.92 Å². The molecule has 1 unspecified atom stereocenters. The Morgan fingerprint density at radius 2 is 2.21 bits per heavy atom. The van der Waals surface area contributed by atoms with Gasteiger partial charge in [0.25, 0.3) is 5.69 Å². The van der Waals surface area contributed by atoms with Crippen molar-refractivity contribution in [2.24, 2.45) is 5.73 Å². The molecule has 4 nitrogen and oxygen atoms in total. The zero-order valence-electron chi connectivity index (χ0n) is 8.36. The lowest BCUT2D eigenvalue weighted by Gasteiger charge is -2.10. The first-order valence-electron chi connectivity index (χ1n) is 4.56. The molecule has 0 heterocycles. The monoisotopic (exact) mass is 194 g/mol. The van der Waals surface area contributed by atoms with E-state index in [-0.39, 0.29) is 16.7 Å². The topological polar surface area (TPSA) is 69.2 Å². The molecule has 0 radical (unpaired) electrons. The Morgan fingerprint density at radius 3 is 2.71 bits per heavy atom. The largest absolute Gasteiger partial charge is 0.324 e. The summed E-state index contributed by atoms with van der Waals surface area (Å²) in [6.45, 7) is 3.81. The molecule has 0 aromatic heterocycles. The van der Waals surface area contributed by atoms with Gasteiger partial charge in [0.15, 0.2) is 0 Å². The van der Waals surface area contributed by atoms with Gasteiger partial charge in [-0.05, 0) is 19.4 Å². The highest BCUT2D eigenvalue weighted by Crippen LogP contribution is 2.26. The highest BCUT2D eigenvalue weighted by molar-refractivity contribution is 5.44. The maximum absolute atomic E-state index is 10.7. The molecule has 0 aliphatic heterocycles. The summed E-state index contributed by atoms with van der Waals surface area (Å²) in [6, 6.07) is 4.77. The molecule has 0 amide bonds. The second-order valence-corrected chi connectivity index (χ2v) is 3.33. The summed E-state index contributed by atoms with van der Waals surface area (Å²) in [5.41, 5.74) is 7.53. The number of nitrogens with two attached hydrogens (primary N) is 1. The molecule has 2 N–H and O–H groups in total. The van der Waals surface area contributed by atoms with Crippen LogP contribution in [0.2, 0.25) is 0 Å². The molecule has 4 heteroatoms. The Morgan fingerprint density at radius 1 is 1.57 bits per heavy atom.